The van der Waals surface area contributed by atoms with Crippen molar-refractivity contribution in [2.75, 3.05) is 19.8 Å². The Bertz CT molecular complexity index is 205. The molecule has 0 fully saturated rings. The predicted octanol–water partition coefficient (Wildman–Crippen LogP) is 0.999. The first-order valence-electron chi connectivity index (χ1n) is 4.54. The molecule has 0 aliphatic rings. The number of nitrogens with two attached hydrogens (primary N) is 1. The van der Waals surface area contributed by atoms with Gasteiger partial charge < -0.3 is 15.9 Å². The molecular formula is C7H19N2O4PS. The molecule has 15 heavy (non-hydrogen) atoms. The number of nitrogens with one attached hydrogen (secondary N) is 1. The second kappa shape index (κ2) is 10.3. The van der Waals surface area contributed by atoms with E-state index in [2.05, 4.69) is 26.6 Å². The molecule has 0 saturated carbocycles. The van der Waals surface area contributed by atoms with Crippen molar-refractivity contribution >= 4 is 25.2 Å². The maximum Gasteiger partial charge on any atom is 0.472 e. The van der Waals surface area contributed by atoms with Crippen LogP contribution >= 0.6 is 20.0 Å². The summed E-state index contributed by atoms with van der Waals surface area (Å²) in [6, 6.07) is 0. The largest absolute Gasteiger partial charge is 0.472 e. The maximum atomic E-state index is 10.5. The number of phosphoric ester groups is 1. The summed E-state index contributed by atoms with van der Waals surface area (Å²) in [5.74, 6) is 0. The fraction of sp³-hybridized carbons (Fsp3) is 0.857. The van der Waals surface area contributed by atoms with Gasteiger partial charge in [-0.25, -0.2) is 4.57 Å². The summed E-state index contributed by atoms with van der Waals surface area (Å²) < 4.78 is 19.2. The Hall–Kier alpha value is -0.200. The zero-order valence-corrected chi connectivity index (χ0v) is 10.9. The van der Waals surface area contributed by atoms with Crippen LogP contribution in [0.15, 0.2) is 0 Å². The number of phosphoric acid groups is 1. The molecule has 0 rings (SSSR count). The minimum absolute atomic E-state index is 0.188. The summed E-state index contributed by atoms with van der Waals surface area (Å²) in [4.78, 5) is 8.63. The molecule has 0 atom stereocenters. The Labute approximate surface area is 95.8 Å². The van der Waals surface area contributed by atoms with Crippen molar-refractivity contribution in [3.8, 4) is 0 Å². The Morgan fingerprint density at radius 3 is 1.93 bits per heavy atom. The van der Waals surface area contributed by atoms with E-state index >= 15 is 0 Å². The highest BCUT2D eigenvalue weighted by Gasteiger charge is 2.17. The van der Waals surface area contributed by atoms with E-state index in [0.717, 1.165) is 6.54 Å². The summed E-state index contributed by atoms with van der Waals surface area (Å²) in [6.07, 6.45) is 0. The highest BCUT2D eigenvalue weighted by atomic mass is 32.1. The van der Waals surface area contributed by atoms with Crippen molar-refractivity contribution in [3.05, 3.63) is 0 Å². The van der Waals surface area contributed by atoms with Gasteiger partial charge in [-0.05, 0) is 33.0 Å². The van der Waals surface area contributed by atoms with Crippen LogP contribution in [0.2, 0.25) is 0 Å². The zero-order chi connectivity index (χ0) is 12.3. The van der Waals surface area contributed by atoms with Gasteiger partial charge in [0.1, 0.15) is 0 Å². The Kier molecular flexibility index (Phi) is 11.8. The quantitative estimate of drug-likeness (QED) is 0.500. The summed E-state index contributed by atoms with van der Waals surface area (Å²) in [5.41, 5.74) is 5.02. The lowest BCUT2D eigenvalue weighted by molar-refractivity contribution is 0.161. The van der Waals surface area contributed by atoms with Crippen molar-refractivity contribution in [1.82, 2.24) is 5.32 Å². The molecule has 8 heteroatoms. The topological polar surface area (TPSA) is 93.8 Å². The Morgan fingerprint density at radius 2 is 1.80 bits per heavy atom. The van der Waals surface area contributed by atoms with Gasteiger partial charge >= 0.3 is 7.82 Å². The van der Waals surface area contributed by atoms with E-state index in [9.17, 15) is 4.57 Å². The number of rotatable bonds is 5. The van der Waals surface area contributed by atoms with Crippen LogP contribution in [-0.2, 0) is 13.6 Å². The standard InChI is InChI=1S/C4H11O4P.C3H8N2S/c1-3-7-9(5,6)8-4-2;1-2-5-3(4)6/h3-4H2,1-2H3,(H,5,6);2H2,1H3,(H3,4,5,6). The van der Waals surface area contributed by atoms with Crippen LogP contribution in [0.5, 0.6) is 0 Å². The monoisotopic (exact) mass is 258 g/mol. The summed E-state index contributed by atoms with van der Waals surface area (Å²) in [7, 11) is -3.69. The molecular weight excluding hydrogens is 239 g/mol. The van der Waals surface area contributed by atoms with E-state index in [1.54, 1.807) is 13.8 Å². The Balaban J connectivity index is 0. The molecule has 4 N–H and O–H groups in total. The van der Waals surface area contributed by atoms with E-state index in [4.69, 9.17) is 10.6 Å². The molecule has 0 amide bonds. The van der Waals surface area contributed by atoms with E-state index in [1.807, 2.05) is 6.92 Å². The van der Waals surface area contributed by atoms with Crippen molar-refractivity contribution in [2.45, 2.75) is 20.8 Å². The van der Waals surface area contributed by atoms with E-state index in [-0.39, 0.29) is 13.2 Å². The molecule has 0 bridgehead atoms. The van der Waals surface area contributed by atoms with Crippen molar-refractivity contribution in [3.63, 3.8) is 0 Å². The average Bonchev–Trinajstić information content (AvgIpc) is 2.03. The molecule has 0 aromatic heterocycles. The van der Waals surface area contributed by atoms with Crippen molar-refractivity contribution in [2.24, 2.45) is 5.73 Å². The van der Waals surface area contributed by atoms with E-state index in [1.165, 1.54) is 0 Å². The summed E-state index contributed by atoms with van der Waals surface area (Å²) in [5, 5.41) is 3.09. The highest BCUT2D eigenvalue weighted by Crippen LogP contribution is 2.42. The molecule has 0 radical (unpaired) electrons. The van der Waals surface area contributed by atoms with Gasteiger partial charge in [-0.15, -0.1) is 0 Å². The van der Waals surface area contributed by atoms with Crippen LogP contribution in [0, 0.1) is 0 Å². The first-order chi connectivity index (χ1) is 6.89. The van der Waals surface area contributed by atoms with Gasteiger partial charge in [0, 0.05) is 6.54 Å². The molecule has 0 saturated heterocycles. The van der Waals surface area contributed by atoms with Gasteiger partial charge in [0.2, 0.25) is 0 Å². The third-order valence-electron chi connectivity index (χ3n) is 0.935. The summed E-state index contributed by atoms with van der Waals surface area (Å²) >= 11 is 4.46. The van der Waals surface area contributed by atoms with Crippen LogP contribution in [0.4, 0.5) is 0 Å². The number of hydrogen-bond acceptors (Lipinski definition) is 4. The normalized spacial score (nSPS) is 10.1. The number of hydrogen-bond donors (Lipinski definition) is 3. The Morgan fingerprint density at radius 1 is 1.40 bits per heavy atom. The lowest BCUT2D eigenvalue weighted by atomic mass is 10.8. The minimum Gasteiger partial charge on any atom is -0.376 e. The fourth-order valence-electron chi connectivity index (χ4n) is 0.538. The minimum atomic E-state index is -3.69. The molecule has 0 spiro atoms. The lowest BCUT2D eigenvalue weighted by Crippen LogP contribution is -2.28. The predicted molar refractivity (Wildman–Crippen MR) is 63.5 cm³/mol. The molecule has 0 aromatic rings. The van der Waals surface area contributed by atoms with Gasteiger partial charge in [-0.3, -0.25) is 9.05 Å². The highest BCUT2D eigenvalue weighted by molar-refractivity contribution is 7.80. The average molecular weight is 258 g/mol. The van der Waals surface area contributed by atoms with E-state index < -0.39 is 7.82 Å². The fourth-order valence-corrected chi connectivity index (χ4v) is 1.41. The van der Waals surface area contributed by atoms with Crippen molar-refractivity contribution < 1.29 is 18.5 Å². The molecule has 92 valence electrons. The SMILES string of the molecule is CCNC(N)=S.CCOP(=O)(O)OCC. The van der Waals surface area contributed by atoms with Gasteiger partial charge in [0.05, 0.1) is 13.2 Å². The van der Waals surface area contributed by atoms with Crippen molar-refractivity contribution in [1.29, 1.82) is 0 Å². The van der Waals surface area contributed by atoms with Crippen LogP contribution in [-0.4, -0.2) is 29.8 Å². The third kappa shape index (κ3) is 16.5. The van der Waals surface area contributed by atoms with Crippen LogP contribution in [0.1, 0.15) is 20.8 Å². The smallest absolute Gasteiger partial charge is 0.376 e. The molecule has 0 heterocycles. The number of thiocarbonyl (C=S) groups is 1. The molecule has 0 aliphatic heterocycles. The van der Waals surface area contributed by atoms with Crippen LogP contribution in [0.25, 0.3) is 0 Å². The maximum absolute atomic E-state index is 10.5. The third-order valence-corrected chi connectivity index (χ3v) is 2.25. The zero-order valence-electron chi connectivity index (χ0n) is 9.23. The van der Waals surface area contributed by atoms with Gasteiger partial charge in [0.15, 0.2) is 5.11 Å². The molecule has 0 aromatic carbocycles. The first-order valence-corrected chi connectivity index (χ1v) is 6.45. The van der Waals surface area contributed by atoms with Gasteiger partial charge in [-0.2, -0.15) is 0 Å². The summed E-state index contributed by atoms with van der Waals surface area (Å²) in [6.45, 7) is 6.39. The second-order valence-electron chi connectivity index (χ2n) is 2.20. The first kappa shape index (κ1) is 17.2. The van der Waals surface area contributed by atoms with Gasteiger partial charge in [0.25, 0.3) is 0 Å². The van der Waals surface area contributed by atoms with Gasteiger partial charge in [-0.1, -0.05) is 0 Å². The van der Waals surface area contributed by atoms with Crippen LogP contribution < -0.4 is 11.1 Å². The lowest BCUT2D eigenvalue weighted by Gasteiger charge is -2.07. The molecule has 6 nitrogen and oxygen atoms in total. The molecule has 0 aliphatic carbocycles. The molecule has 0 unspecified atom stereocenters. The van der Waals surface area contributed by atoms with Crippen LogP contribution in [0.3, 0.4) is 0 Å². The van der Waals surface area contributed by atoms with E-state index in [0.29, 0.717) is 5.11 Å². The second-order valence-corrected chi connectivity index (χ2v) is 4.09.